The molecule has 1 atom stereocenters. The first-order chi connectivity index (χ1) is 16.4. The molecule has 0 spiro atoms. The summed E-state index contributed by atoms with van der Waals surface area (Å²) >= 11 is 0. The van der Waals surface area contributed by atoms with Crippen LogP contribution in [0.5, 0.6) is 17.2 Å². The van der Waals surface area contributed by atoms with Crippen molar-refractivity contribution in [3.8, 4) is 17.2 Å². The Hall–Kier alpha value is -3.75. The maximum Gasteiger partial charge on any atom is 0.317 e. The minimum absolute atomic E-state index is 0.0985. The lowest BCUT2D eigenvalue weighted by Gasteiger charge is -2.25. The van der Waals surface area contributed by atoms with Gasteiger partial charge in [-0.1, -0.05) is 13.0 Å². The number of ether oxygens (including phenoxy) is 3. The van der Waals surface area contributed by atoms with Gasteiger partial charge in [0.05, 0.1) is 33.1 Å². The Bertz CT molecular complexity index is 1040. The van der Waals surface area contributed by atoms with E-state index in [1.54, 1.807) is 28.4 Å². The number of benzene rings is 2. The summed E-state index contributed by atoms with van der Waals surface area (Å²) in [5, 5.41) is 8.92. The summed E-state index contributed by atoms with van der Waals surface area (Å²) in [5.41, 5.74) is 2.53. The molecule has 0 bridgehead atoms. The van der Waals surface area contributed by atoms with Crippen LogP contribution in [0.4, 0.5) is 4.79 Å². The highest BCUT2D eigenvalue weighted by molar-refractivity contribution is 6.03. The number of urea groups is 1. The SMILES string of the molecule is CCCNC(=O)N(C)CC(=O)N1N=C(c2ccc(OC)cc2)C[C@@H]1c1ccc(OC)c(OC)c1. The molecule has 0 unspecified atom stereocenters. The minimum atomic E-state index is -0.350. The molecule has 1 aliphatic heterocycles. The average Bonchev–Trinajstić information content (AvgIpc) is 3.32. The molecule has 1 heterocycles. The van der Waals surface area contributed by atoms with Crippen LogP contribution in [0.15, 0.2) is 47.6 Å². The highest BCUT2D eigenvalue weighted by Gasteiger charge is 2.34. The van der Waals surface area contributed by atoms with Crippen molar-refractivity contribution < 1.29 is 23.8 Å². The molecule has 1 aliphatic rings. The minimum Gasteiger partial charge on any atom is -0.497 e. The van der Waals surface area contributed by atoms with Gasteiger partial charge in [-0.3, -0.25) is 4.79 Å². The van der Waals surface area contributed by atoms with Crippen LogP contribution in [0.3, 0.4) is 0 Å². The molecular weight excluding hydrogens is 436 g/mol. The van der Waals surface area contributed by atoms with Crippen molar-refractivity contribution in [3.63, 3.8) is 0 Å². The predicted molar refractivity (Wildman–Crippen MR) is 130 cm³/mol. The topological polar surface area (TPSA) is 92.7 Å². The Morgan fingerprint density at radius 3 is 2.38 bits per heavy atom. The Labute approximate surface area is 200 Å². The molecule has 0 saturated carbocycles. The molecule has 3 rings (SSSR count). The molecule has 2 aromatic carbocycles. The van der Waals surface area contributed by atoms with Crippen LogP contribution in [0.25, 0.3) is 0 Å². The van der Waals surface area contributed by atoms with Gasteiger partial charge in [0.2, 0.25) is 0 Å². The Balaban J connectivity index is 1.90. The largest absolute Gasteiger partial charge is 0.497 e. The predicted octanol–water partition coefficient (Wildman–Crippen LogP) is 3.44. The van der Waals surface area contributed by atoms with Crippen LogP contribution in [0.1, 0.15) is 36.9 Å². The maximum absolute atomic E-state index is 13.3. The van der Waals surface area contributed by atoms with E-state index >= 15 is 0 Å². The number of likely N-dealkylation sites (N-methyl/N-ethyl adjacent to an activating group) is 1. The fourth-order valence-corrected chi connectivity index (χ4v) is 3.73. The zero-order valence-corrected chi connectivity index (χ0v) is 20.3. The first kappa shape index (κ1) is 24.9. The van der Waals surface area contributed by atoms with Gasteiger partial charge in [-0.15, -0.1) is 0 Å². The van der Waals surface area contributed by atoms with Crippen molar-refractivity contribution >= 4 is 17.6 Å². The molecular formula is C25H32N4O5. The van der Waals surface area contributed by atoms with Crippen LogP contribution < -0.4 is 19.5 Å². The zero-order chi connectivity index (χ0) is 24.7. The van der Waals surface area contributed by atoms with Gasteiger partial charge in [0, 0.05) is 20.0 Å². The summed E-state index contributed by atoms with van der Waals surface area (Å²) < 4.78 is 16.1. The third kappa shape index (κ3) is 5.59. The number of carbonyl (C=O) groups is 2. The second-order valence-electron chi connectivity index (χ2n) is 7.94. The smallest absolute Gasteiger partial charge is 0.317 e. The van der Waals surface area contributed by atoms with E-state index in [4.69, 9.17) is 14.2 Å². The van der Waals surface area contributed by atoms with E-state index in [0.29, 0.717) is 24.5 Å². The standard InChI is InChI=1S/C25H32N4O5/c1-6-13-26-25(31)28(2)16-24(30)29-21(18-9-12-22(33-4)23(14-18)34-5)15-20(27-29)17-7-10-19(32-3)11-8-17/h7-12,14,21H,6,13,15-16H2,1-5H3,(H,26,31)/t21-/m1/s1. The van der Waals surface area contributed by atoms with Crippen molar-refractivity contribution in [2.45, 2.75) is 25.8 Å². The van der Waals surface area contributed by atoms with E-state index in [2.05, 4.69) is 10.4 Å². The van der Waals surface area contributed by atoms with Crippen molar-refractivity contribution in [3.05, 3.63) is 53.6 Å². The number of rotatable bonds is 9. The molecule has 0 radical (unpaired) electrons. The maximum atomic E-state index is 13.3. The summed E-state index contributed by atoms with van der Waals surface area (Å²) in [5.74, 6) is 1.64. The van der Waals surface area contributed by atoms with Gasteiger partial charge >= 0.3 is 6.03 Å². The highest BCUT2D eigenvalue weighted by atomic mass is 16.5. The number of nitrogens with one attached hydrogen (secondary N) is 1. The third-order valence-corrected chi connectivity index (χ3v) is 5.63. The van der Waals surface area contributed by atoms with Gasteiger partial charge < -0.3 is 24.4 Å². The lowest BCUT2D eigenvalue weighted by atomic mass is 9.98. The molecule has 182 valence electrons. The van der Waals surface area contributed by atoms with Gasteiger partial charge in [-0.05, 0) is 53.9 Å². The quantitative estimate of drug-likeness (QED) is 0.609. The normalized spacial score (nSPS) is 14.9. The van der Waals surface area contributed by atoms with Gasteiger partial charge in [0.1, 0.15) is 12.3 Å². The van der Waals surface area contributed by atoms with Gasteiger partial charge in [-0.25, -0.2) is 9.80 Å². The second kappa shape index (κ2) is 11.4. The van der Waals surface area contributed by atoms with E-state index < -0.39 is 0 Å². The van der Waals surface area contributed by atoms with E-state index in [-0.39, 0.29) is 24.5 Å². The number of hydrogen-bond acceptors (Lipinski definition) is 6. The number of nitrogens with zero attached hydrogens (tertiary/aromatic N) is 3. The summed E-state index contributed by atoms with van der Waals surface area (Å²) in [6.45, 7) is 2.42. The van der Waals surface area contributed by atoms with Crippen molar-refractivity contribution in [1.82, 2.24) is 15.2 Å². The van der Waals surface area contributed by atoms with Crippen molar-refractivity contribution in [2.24, 2.45) is 5.10 Å². The van der Waals surface area contributed by atoms with Crippen LogP contribution in [-0.2, 0) is 4.79 Å². The molecule has 2 aromatic rings. The zero-order valence-electron chi connectivity index (χ0n) is 20.3. The van der Waals surface area contributed by atoms with Gasteiger partial charge in [0.25, 0.3) is 5.91 Å². The van der Waals surface area contributed by atoms with Crippen molar-refractivity contribution in [1.29, 1.82) is 0 Å². The fraction of sp³-hybridized carbons (Fsp3) is 0.400. The van der Waals surface area contributed by atoms with Crippen molar-refractivity contribution in [2.75, 3.05) is 41.5 Å². The second-order valence-corrected chi connectivity index (χ2v) is 7.94. The number of amides is 3. The number of methoxy groups -OCH3 is 3. The monoisotopic (exact) mass is 468 g/mol. The molecule has 0 saturated heterocycles. The summed E-state index contributed by atoms with van der Waals surface area (Å²) in [7, 11) is 6.36. The van der Waals surface area contributed by atoms with E-state index in [1.807, 2.05) is 49.4 Å². The van der Waals surface area contributed by atoms with E-state index in [9.17, 15) is 9.59 Å². The summed E-state index contributed by atoms with van der Waals surface area (Å²) in [6.07, 6.45) is 1.33. The molecule has 0 fully saturated rings. The number of hydrogen-bond donors (Lipinski definition) is 1. The Morgan fingerprint density at radius 2 is 1.76 bits per heavy atom. The third-order valence-electron chi connectivity index (χ3n) is 5.63. The molecule has 0 aliphatic carbocycles. The Kier molecular flexibility index (Phi) is 8.34. The van der Waals surface area contributed by atoms with Crippen LogP contribution in [0.2, 0.25) is 0 Å². The molecule has 3 amide bonds. The van der Waals surface area contributed by atoms with E-state index in [0.717, 1.165) is 29.0 Å². The lowest BCUT2D eigenvalue weighted by Crippen LogP contribution is -2.43. The molecule has 0 aromatic heterocycles. The first-order valence-electron chi connectivity index (χ1n) is 11.2. The highest BCUT2D eigenvalue weighted by Crippen LogP contribution is 2.37. The number of carbonyl (C=O) groups excluding carboxylic acids is 2. The van der Waals surface area contributed by atoms with Crippen LogP contribution in [-0.4, -0.2) is 69.0 Å². The summed E-state index contributed by atoms with van der Waals surface area (Å²) in [4.78, 5) is 26.9. The van der Waals surface area contributed by atoms with Crippen LogP contribution >= 0.6 is 0 Å². The van der Waals surface area contributed by atoms with Gasteiger partial charge in [-0.2, -0.15) is 5.10 Å². The molecule has 9 heteroatoms. The molecule has 1 N–H and O–H groups in total. The number of hydrazone groups is 1. The van der Waals surface area contributed by atoms with Crippen LogP contribution in [0, 0.1) is 0 Å². The molecule has 9 nitrogen and oxygen atoms in total. The lowest BCUT2D eigenvalue weighted by molar-refractivity contribution is -0.133. The van der Waals surface area contributed by atoms with E-state index in [1.165, 1.54) is 9.91 Å². The van der Waals surface area contributed by atoms with Gasteiger partial charge in [0.15, 0.2) is 11.5 Å². The fourth-order valence-electron chi connectivity index (χ4n) is 3.73. The molecule has 34 heavy (non-hydrogen) atoms. The summed E-state index contributed by atoms with van der Waals surface area (Å²) in [6, 6.07) is 12.5. The average molecular weight is 469 g/mol. The Morgan fingerprint density at radius 1 is 1.06 bits per heavy atom. The first-order valence-corrected chi connectivity index (χ1v) is 11.2.